The number of hydrogen-bond donors (Lipinski definition) is 1. The summed E-state index contributed by atoms with van der Waals surface area (Å²) in [6, 6.07) is 0.0867. The van der Waals surface area contributed by atoms with Crippen LogP contribution in [0.5, 0.6) is 0 Å². The van der Waals surface area contributed by atoms with E-state index >= 15 is 0 Å². The molecule has 0 amide bonds. The van der Waals surface area contributed by atoms with Gasteiger partial charge in [-0.15, -0.1) is 5.10 Å². The van der Waals surface area contributed by atoms with E-state index in [0.29, 0.717) is 12.5 Å². The van der Waals surface area contributed by atoms with Crippen LogP contribution >= 0.6 is 0 Å². The summed E-state index contributed by atoms with van der Waals surface area (Å²) in [5.74, 6) is -0.384. The maximum Gasteiger partial charge on any atom is 0.453 e. The van der Waals surface area contributed by atoms with E-state index in [1.807, 2.05) is 0 Å². The van der Waals surface area contributed by atoms with E-state index in [2.05, 4.69) is 15.4 Å². The molecule has 17 heavy (non-hydrogen) atoms. The highest BCUT2D eigenvalue weighted by molar-refractivity contribution is 5.29. The van der Waals surface area contributed by atoms with E-state index in [9.17, 15) is 13.2 Å². The van der Waals surface area contributed by atoms with Crippen LogP contribution < -0.4 is 5.32 Å². The van der Waals surface area contributed by atoms with Crippen molar-refractivity contribution in [1.82, 2.24) is 14.8 Å². The van der Waals surface area contributed by atoms with Crippen molar-refractivity contribution >= 4 is 5.95 Å². The molecule has 2 atom stereocenters. The van der Waals surface area contributed by atoms with Crippen molar-refractivity contribution in [3.63, 3.8) is 0 Å². The zero-order valence-corrected chi connectivity index (χ0v) is 9.17. The second-order valence-electron chi connectivity index (χ2n) is 4.69. The van der Waals surface area contributed by atoms with Gasteiger partial charge in [0, 0.05) is 6.54 Å². The molecule has 1 aliphatic carbocycles. The fraction of sp³-hybridized carbons (Fsp3) is 0.800. The molecular formula is C10H13F3N4. The maximum atomic E-state index is 12.5. The van der Waals surface area contributed by atoms with Crippen LogP contribution in [0.4, 0.5) is 19.1 Å². The van der Waals surface area contributed by atoms with Crippen LogP contribution in [-0.4, -0.2) is 21.3 Å². The summed E-state index contributed by atoms with van der Waals surface area (Å²) in [6.45, 7) is 0.709. The number of halogens is 3. The summed E-state index contributed by atoms with van der Waals surface area (Å²) >= 11 is 0. The van der Waals surface area contributed by atoms with E-state index in [-0.39, 0.29) is 12.0 Å². The molecule has 1 aromatic heterocycles. The Bertz CT molecular complexity index is 426. The predicted octanol–water partition coefficient (Wildman–Crippen LogP) is 2.45. The zero-order valence-electron chi connectivity index (χ0n) is 9.17. The third-order valence-corrected chi connectivity index (χ3v) is 3.59. The van der Waals surface area contributed by atoms with Crippen molar-refractivity contribution in [2.45, 2.75) is 37.9 Å². The Hall–Kier alpha value is -1.27. The summed E-state index contributed by atoms with van der Waals surface area (Å²) in [4.78, 5) is 3.53. The van der Waals surface area contributed by atoms with E-state index in [1.165, 1.54) is 4.68 Å². The van der Waals surface area contributed by atoms with Gasteiger partial charge in [-0.1, -0.05) is 12.8 Å². The Morgan fingerprint density at radius 1 is 1.24 bits per heavy atom. The van der Waals surface area contributed by atoms with E-state index in [0.717, 1.165) is 25.7 Å². The molecule has 0 spiro atoms. The predicted molar refractivity (Wildman–Crippen MR) is 54.5 cm³/mol. The molecule has 0 bridgehead atoms. The average Bonchev–Trinajstić information content (AvgIpc) is 2.72. The molecule has 0 radical (unpaired) electrons. The highest BCUT2D eigenvalue weighted by atomic mass is 19.4. The van der Waals surface area contributed by atoms with Crippen molar-refractivity contribution in [2.24, 2.45) is 5.92 Å². The van der Waals surface area contributed by atoms with Gasteiger partial charge in [0.2, 0.25) is 5.95 Å². The van der Waals surface area contributed by atoms with Crippen molar-refractivity contribution in [2.75, 3.05) is 11.9 Å². The molecule has 2 aliphatic rings. The Balaban J connectivity index is 1.96. The molecule has 1 N–H and O–H groups in total. The van der Waals surface area contributed by atoms with Gasteiger partial charge in [0.05, 0.1) is 6.04 Å². The molecule has 0 saturated heterocycles. The van der Waals surface area contributed by atoms with Gasteiger partial charge in [-0.25, -0.2) is 4.68 Å². The minimum atomic E-state index is -4.46. The Kier molecular flexibility index (Phi) is 2.31. The maximum absolute atomic E-state index is 12.5. The van der Waals surface area contributed by atoms with Gasteiger partial charge in [-0.3, -0.25) is 0 Å². The summed E-state index contributed by atoms with van der Waals surface area (Å²) < 4.78 is 39.0. The molecule has 1 saturated carbocycles. The summed E-state index contributed by atoms with van der Waals surface area (Å²) in [5, 5.41) is 6.57. The number of nitrogens with one attached hydrogen (secondary N) is 1. The first kappa shape index (κ1) is 10.9. The molecule has 1 aromatic rings. The van der Waals surface area contributed by atoms with Gasteiger partial charge < -0.3 is 5.32 Å². The molecule has 7 heteroatoms. The van der Waals surface area contributed by atoms with Crippen LogP contribution in [0, 0.1) is 5.92 Å². The van der Waals surface area contributed by atoms with Gasteiger partial charge in [0.1, 0.15) is 0 Å². The molecule has 94 valence electrons. The summed E-state index contributed by atoms with van der Waals surface area (Å²) in [5.41, 5.74) is 0. The first-order valence-corrected chi connectivity index (χ1v) is 5.83. The smallest absolute Gasteiger partial charge is 0.354 e. The first-order chi connectivity index (χ1) is 8.05. The number of rotatable bonds is 0. The van der Waals surface area contributed by atoms with E-state index < -0.39 is 12.0 Å². The fourth-order valence-corrected chi connectivity index (χ4v) is 2.77. The van der Waals surface area contributed by atoms with Crippen molar-refractivity contribution in [3.8, 4) is 0 Å². The minimum absolute atomic E-state index is 0.0867. The van der Waals surface area contributed by atoms with E-state index in [1.54, 1.807) is 0 Å². The van der Waals surface area contributed by atoms with Crippen molar-refractivity contribution in [1.29, 1.82) is 0 Å². The van der Waals surface area contributed by atoms with Gasteiger partial charge in [0.15, 0.2) is 0 Å². The topological polar surface area (TPSA) is 42.7 Å². The SMILES string of the molecule is FC(F)(F)c1nc2n(n1)C1CCCCC1CN2. The monoisotopic (exact) mass is 246 g/mol. The molecular weight excluding hydrogens is 233 g/mol. The normalized spacial score (nSPS) is 28.2. The highest BCUT2D eigenvalue weighted by Gasteiger charge is 2.40. The third kappa shape index (κ3) is 1.77. The first-order valence-electron chi connectivity index (χ1n) is 5.83. The minimum Gasteiger partial charge on any atom is -0.354 e. The summed E-state index contributed by atoms with van der Waals surface area (Å²) in [6.07, 6.45) is -0.296. The molecule has 1 fully saturated rings. The molecule has 3 rings (SSSR count). The van der Waals surface area contributed by atoms with Crippen LogP contribution in [0.1, 0.15) is 37.5 Å². The standard InChI is InChI=1S/C10H13F3N4/c11-10(12,13)8-15-9-14-5-6-3-1-2-4-7(6)17(9)16-8/h6-7H,1-5H2,(H,14,15,16). The second-order valence-corrected chi connectivity index (χ2v) is 4.69. The van der Waals surface area contributed by atoms with Crippen molar-refractivity contribution in [3.05, 3.63) is 5.82 Å². The molecule has 1 aliphatic heterocycles. The molecule has 4 nitrogen and oxygen atoms in total. The molecule has 0 aromatic carbocycles. The third-order valence-electron chi connectivity index (χ3n) is 3.59. The van der Waals surface area contributed by atoms with Gasteiger partial charge in [-0.2, -0.15) is 18.2 Å². The number of hydrogen-bond acceptors (Lipinski definition) is 3. The Morgan fingerprint density at radius 2 is 2.00 bits per heavy atom. The zero-order chi connectivity index (χ0) is 12.0. The Labute approximate surface area is 96.2 Å². The van der Waals surface area contributed by atoms with Crippen LogP contribution in [0.15, 0.2) is 0 Å². The van der Waals surface area contributed by atoms with Crippen molar-refractivity contribution < 1.29 is 13.2 Å². The number of aromatic nitrogens is 3. The van der Waals surface area contributed by atoms with Gasteiger partial charge in [-0.05, 0) is 18.8 Å². The van der Waals surface area contributed by atoms with E-state index in [4.69, 9.17) is 0 Å². The Morgan fingerprint density at radius 3 is 2.76 bits per heavy atom. The van der Waals surface area contributed by atoms with Crippen LogP contribution in [0.25, 0.3) is 0 Å². The second kappa shape index (κ2) is 3.61. The number of nitrogens with zero attached hydrogens (tertiary/aromatic N) is 3. The van der Waals surface area contributed by atoms with Gasteiger partial charge >= 0.3 is 6.18 Å². The lowest BCUT2D eigenvalue weighted by Crippen LogP contribution is -2.35. The highest BCUT2D eigenvalue weighted by Crippen LogP contribution is 2.39. The number of fused-ring (bicyclic) bond motifs is 3. The fourth-order valence-electron chi connectivity index (χ4n) is 2.77. The lowest BCUT2D eigenvalue weighted by Gasteiger charge is -2.36. The quantitative estimate of drug-likeness (QED) is 0.764. The lowest BCUT2D eigenvalue weighted by atomic mass is 9.84. The number of alkyl halides is 3. The van der Waals surface area contributed by atoms with Gasteiger partial charge in [0.25, 0.3) is 5.82 Å². The van der Waals surface area contributed by atoms with Crippen LogP contribution in [0.3, 0.4) is 0 Å². The lowest BCUT2D eigenvalue weighted by molar-refractivity contribution is -0.145. The van der Waals surface area contributed by atoms with Crippen LogP contribution in [-0.2, 0) is 6.18 Å². The molecule has 2 heterocycles. The van der Waals surface area contributed by atoms with Crippen LogP contribution in [0.2, 0.25) is 0 Å². The largest absolute Gasteiger partial charge is 0.453 e. The number of anilines is 1. The average molecular weight is 246 g/mol. The molecule has 2 unspecified atom stereocenters. The summed E-state index contributed by atoms with van der Waals surface area (Å²) in [7, 11) is 0.